The van der Waals surface area contributed by atoms with Crippen molar-refractivity contribution in [2.24, 2.45) is 0 Å². The lowest BCUT2D eigenvalue weighted by Gasteiger charge is -2.33. The molecule has 2 fully saturated rings. The first kappa shape index (κ1) is 15.8. The highest BCUT2D eigenvalue weighted by Crippen LogP contribution is 2.42. The molecule has 0 amide bonds. The third-order valence-corrected chi connectivity index (χ3v) is 7.34. The number of hydrogen-bond acceptors (Lipinski definition) is 4. The Morgan fingerprint density at radius 3 is 2.40 bits per heavy atom. The largest absolute Gasteiger partial charge is 0.480 e. The Hall–Kier alpha value is -0.620. The van der Waals surface area contributed by atoms with E-state index in [0.717, 1.165) is 38.5 Å². The molecule has 0 aromatic heterocycles. The maximum absolute atomic E-state index is 12.3. The molecule has 1 unspecified atom stereocenters. The fourth-order valence-electron chi connectivity index (χ4n) is 3.16. The smallest absolute Gasteiger partial charge is 0.324 e. The molecule has 1 aliphatic carbocycles. The molecule has 5 nitrogen and oxygen atoms in total. The molecule has 20 heavy (non-hydrogen) atoms. The fraction of sp³-hybridized carbons (Fsp3) is 0.929. The maximum atomic E-state index is 12.3. The Bertz CT molecular complexity index is 474. The van der Waals surface area contributed by atoms with Crippen molar-refractivity contribution in [3.8, 4) is 0 Å². The van der Waals surface area contributed by atoms with E-state index in [1.807, 2.05) is 0 Å². The Morgan fingerprint density at radius 1 is 1.25 bits per heavy atom. The van der Waals surface area contributed by atoms with Crippen LogP contribution in [0.4, 0.5) is 0 Å². The van der Waals surface area contributed by atoms with Crippen LogP contribution in [0.1, 0.15) is 58.8 Å². The predicted molar refractivity (Wildman–Crippen MR) is 75.4 cm³/mol. The third-order valence-electron chi connectivity index (χ3n) is 4.80. The molecule has 1 spiro atoms. The Labute approximate surface area is 120 Å². The van der Waals surface area contributed by atoms with Gasteiger partial charge in [-0.25, -0.2) is 8.42 Å². The molecule has 0 radical (unpaired) electrons. The number of sulfone groups is 1. The number of rotatable bonds is 4. The van der Waals surface area contributed by atoms with Gasteiger partial charge in [0.15, 0.2) is 14.6 Å². The van der Waals surface area contributed by atoms with Crippen LogP contribution in [-0.2, 0) is 19.4 Å². The number of carbonyl (C=O) groups is 1. The quantitative estimate of drug-likeness (QED) is 0.860. The summed E-state index contributed by atoms with van der Waals surface area (Å²) in [5.41, 5.74) is -0.133. The van der Waals surface area contributed by atoms with E-state index in [1.165, 1.54) is 20.3 Å². The van der Waals surface area contributed by atoms with E-state index in [4.69, 9.17) is 9.84 Å². The molecule has 1 atom stereocenters. The molecule has 0 aromatic carbocycles. The van der Waals surface area contributed by atoms with Crippen molar-refractivity contribution in [1.29, 1.82) is 0 Å². The molecule has 0 aromatic rings. The standard InChI is InChI=1S/C14H24O5S/c1-13(2,12(15)16)20(17,18)10-11-6-9-14(19-11)7-4-3-5-8-14/h11H,3-10H2,1-2H3,(H,15,16). The lowest BCUT2D eigenvalue weighted by Crippen LogP contribution is -2.44. The zero-order valence-corrected chi connectivity index (χ0v) is 13.0. The molecule has 2 rings (SSSR count). The molecule has 116 valence electrons. The van der Waals surface area contributed by atoms with Crippen molar-refractivity contribution in [1.82, 2.24) is 0 Å². The van der Waals surface area contributed by atoms with E-state index in [9.17, 15) is 13.2 Å². The van der Waals surface area contributed by atoms with Gasteiger partial charge in [-0.2, -0.15) is 0 Å². The van der Waals surface area contributed by atoms with E-state index in [2.05, 4.69) is 0 Å². The van der Waals surface area contributed by atoms with Gasteiger partial charge in [-0.05, 0) is 39.5 Å². The summed E-state index contributed by atoms with van der Waals surface area (Å²) >= 11 is 0. The molecule has 2 aliphatic rings. The second-order valence-corrected chi connectivity index (χ2v) is 9.20. The number of hydrogen-bond donors (Lipinski definition) is 1. The summed E-state index contributed by atoms with van der Waals surface area (Å²) in [6.45, 7) is 2.49. The first-order valence-electron chi connectivity index (χ1n) is 7.32. The second-order valence-electron chi connectivity index (χ2n) is 6.62. The molecule has 1 saturated heterocycles. The van der Waals surface area contributed by atoms with Crippen LogP contribution in [0.5, 0.6) is 0 Å². The lowest BCUT2D eigenvalue weighted by molar-refractivity contribution is -0.139. The highest BCUT2D eigenvalue weighted by Gasteiger charge is 2.47. The molecule has 1 N–H and O–H groups in total. The van der Waals surface area contributed by atoms with Crippen LogP contribution < -0.4 is 0 Å². The molecule has 0 bridgehead atoms. The van der Waals surface area contributed by atoms with Gasteiger partial charge in [-0.3, -0.25) is 4.79 Å². The summed E-state index contributed by atoms with van der Waals surface area (Å²) in [7, 11) is -3.72. The van der Waals surface area contributed by atoms with Crippen LogP contribution in [0.15, 0.2) is 0 Å². The van der Waals surface area contributed by atoms with E-state index >= 15 is 0 Å². The fourth-order valence-corrected chi connectivity index (χ4v) is 4.57. The summed E-state index contributed by atoms with van der Waals surface area (Å²) in [5, 5.41) is 9.07. The van der Waals surface area contributed by atoms with E-state index in [1.54, 1.807) is 0 Å². The average molecular weight is 304 g/mol. The maximum Gasteiger partial charge on any atom is 0.324 e. The van der Waals surface area contributed by atoms with Crippen molar-refractivity contribution in [3.63, 3.8) is 0 Å². The summed E-state index contributed by atoms with van der Waals surface area (Å²) in [4.78, 5) is 11.1. The van der Waals surface area contributed by atoms with Gasteiger partial charge < -0.3 is 9.84 Å². The topological polar surface area (TPSA) is 80.7 Å². The van der Waals surface area contributed by atoms with Crippen LogP contribution in [0.2, 0.25) is 0 Å². The van der Waals surface area contributed by atoms with Crippen molar-refractivity contribution in [3.05, 3.63) is 0 Å². The van der Waals surface area contributed by atoms with Crippen molar-refractivity contribution >= 4 is 15.8 Å². The highest BCUT2D eigenvalue weighted by molar-refractivity contribution is 7.93. The Kier molecular flexibility index (Phi) is 4.17. The third kappa shape index (κ3) is 2.86. The normalized spacial score (nSPS) is 26.8. The van der Waals surface area contributed by atoms with Gasteiger partial charge >= 0.3 is 5.97 Å². The van der Waals surface area contributed by atoms with Gasteiger partial charge in [0, 0.05) is 0 Å². The average Bonchev–Trinajstić information content (AvgIpc) is 2.71. The minimum Gasteiger partial charge on any atom is -0.480 e. The molecule has 1 aliphatic heterocycles. The molecular formula is C14H24O5S. The summed E-state index contributed by atoms with van der Waals surface area (Å²) in [6, 6.07) is 0. The first-order chi connectivity index (χ1) is 9.19. The van der Waals surface area contributed by atoms with Crippen molar-refractivity contribution in [2.45, 2.75) is 75.2 Å². The minimum atomic E-state index is -3.72. The molecular weight excluding hydrogens is 280 g/mol. The van der Waals surface area contributed by atoms with Gasteiger partial charge in [-0.1, -0.05) is 19.3 Å². The van der Waals surface area contributed by atoms with Crippen LogP contribution in [0.3, 0.4) is 0 Å². The van der Waals surface area contributed by atoms with E-state index in [-0.39, 0.29) is 17.5 Å². The highest BCUT2D eigenvalue weighted by atomic mass is 32.2. The molecule has 1 saturated carbocycles. The number of carboxylic acid groups (broad SMARTS) is 1. The summed E-state index contributed by atoms with van der Waals surface area (Å²) in [5.74, 6) is -1.49. The van der Waals surface area contributed by atoms with Crippen molar-refractivity contribution in [2.75, 3.05) is 5.75 Å². The zero-order chi connectivity index (χ0) is 15.0. The summed E-state index contributed by atoms with van der Waals surface area (Å²) in [6.07, 6.45) is 6.78. The number of carboxylic acids is 1. The second kappa shape index (κ2) is 5.30. The Balaban J connectivity index is 2.03. The van der Waals surface area contributed by atoms with E-state index < -0.39 is 20.6 Å². The van der Waals surface area contributed by atoms with Gasteiger partial charge in [-0.15, -0.1) is 0 Å². The van der Waals surface area contributed by atoms with Gasteiger partial charge in [0.1, 0.15) is 0 Å². The predicted octanol–water partition coefficient (Wildman–Crippen LogP) is 2.15. The van der Waals surface area contributed by atoms with Gasteiger partial charge in [0.2, 0.25) is 0 Å². The lowest BCUT2D eigenvalue weighted by atomic mass is 9.83. The van der Waals surface area contributed by atoms with Gasteiger partial charge in [0.05, 0.1) is 17.5 Å². The van der Waals surface area contributed by atoms with Crippen molar-refractivity contribution < 1.29 is 23.1 Å². The zero-order valence-electron chi connectivity index (χ0n) is 12.2. The molecule has 1 heterocycles. The van der Waals surface area contributed by atoms with E-state index in [0.29, 0.717) is 0 Å². The minimum absolute atomic E-state index is 0.133. The Morgan fingerprint density at radius 2 is 1.85 bits per heavy atom. The summed E-state index contributed by atoms with van der Waals surface area (Å²) < 4.78 is 28.8. The van der Waals surface area contributed by atoms with Crippen LogP contribution >= 0.6 is 0 Å². The van der Waals surface area contributed by atoms with Crippen LogP contribution in [-0.4, -0.2) is 41.7 Å². The first-order valence-corrected chi connectivity index (χ1v) is 8.97. The number of aliphatic carboxylic acids is 1. The van der Waals surface area contributed by atoms with Crippen LogP contribution in [0, 0.1) is 0 Å². The number of ether oxygens (including phenoxy) is 1. The monoisotopic (exact) mass is 304 g/mol. The van der Waals surface area contributed by atoms with Gasteiger partial charge in [0.25, 0.3) is 0 Å². The molecule has 6 heteroatoms. The van der Waals surface area contributed by atoms with Crippen LogP contribution in [0.25, 0.3) is 0 Å². The SMILES string of the molecule is CC(C)(C(=O)O)S(=O)(=O)CC1CCC2(CCCCC2)O1.